The smallest absolute Gasteiger partial charge is 0.245 e. The molecular weight excluding hydrogens is 252 g/mol. The van der Waals surface area contributed by atoms with E-state index in [1.54, 1.807) is 12.1 Å². The zero-order chi connectivity index (χ0) is 13.3. The predicted octanol–water partition coefficient (Wildman–Crippen LogP) is 0.907. The summed E-state index contributed by atoms with van der Waals surface area (Å²) in [7, 11) is -3.50. The van der Waals surface area contributed by atoms with E-state index in [4.69, 9.17) is 10.5 Å². The van der Waals surface area contributed by atoms with Crippen molar-refractivity contribution in [1.82, 2.24) is 4.31 Å². The number of morpholine rings is 1. The van der Waals surface area contributed by atoms with Crippen LogP contribution in [0.1, 0.15) is 11.1 Å². The van der Waals surface area contributed by atoms with E-state index >= 15 is 0 Å². The molecule has 2 N–H and O–H groups in total. The molecule has 0 aliphatic carbocycles. The molecule has 1 aliphatic heterocycles. The normalized spacial score (nSPS) is 17.9. The maximum Gasteiger partial charge on any atom is 0.245 e. The Morgan fingerprint density at radius 2 is 1.72 bits per heavy atom. The zero-order valence-corrected chi connectivity index (χ0v) is 11.5. The second kappa shape index (κ2) is 4.87. The van der Waals surface area contributed by atoms with Gasteiger partial charge in [0, 0.05) is 13.1 Å². The van der Waals surface area contributed by atoms with Gasteiger partial charge in [0.05, 0.1) is 18.9 Å². The molecule has 6 heteroatoms. The fourth-order valence-electron chi connectivity index (χ4n) is 1.96. The van der Waals surface area contributed by atoms with Crippen molar-refractivity contribution in [3.05, 3.63) is 23.3 Å². The summed E-state index contributed by atoms with van der Waals surface area (Å²) in [6.07, 6.45) is 0. The average molecular weight is 270 g/mol. The number of sulfonamides is 1. The standard InChI is InChI=1S/C12H18N2O3S/c1-9-7-11(13)12(8-10(9)2)18(15,16)14-3-5-17-6-4-14/h7-8H,3-6,13H2,1-2H3. The summed E-state index contributed by atoms with van der Waals surface area (Å²) in [6, 6.07) is 3.36. The Labute approximate surface area is 108 Å². The summed E-state index contributed by atoms with van der Waals surface area (Å²) in [4.78, 5) is 0.201. The average Bonchev–Trinajstić information content (AvgIpc) is 2.34. The SMILES string of the molecule is Cc1cc(N)c(S(=O)(=O)N2CCOCC2)cc1C. The topological polar surface area (TPSA) is 72.6 Å². The van der Waals surface area contributed by atoms with Crippen LogP contribution >= 0.6 is 0 Å². The molecule has 0 unspecified atom stereocenters. The Hall–Kier alpha value is -1.11. The molecule has 18 heavy (non-hydrogen) atoms. The van der Waals surface area contributed by atoms with Crippen LogP contribution in [-0.2, 0) is 14.8 Å². The number of hydrogen-bond acceptors (Lipinski definition) is 4. The van der Waals surface area contributed by atoms with E-state index in [1.807, 2.05) is 13.8 Å². The monoisotopic (exact) mass is 270 g/mol. The van der Waals surface area contributed by atoms with E-state index in [-0.39, 0.29) is 4.90 Å². The van der Waals surface area contributed by atoms with Gasteiger partial charge in [-0.05, 0) is 37.1 Å². The number of hydrogen-bond donors (Lipinski definition) is 1. The lowest BCUT2D eigenvalue weighted by Crippen LogP contribution is -2.40. The number of nitrogens with two attached hydrogens (primary N) is 1. The van der Waals surface area contributed by atoms with Crippen molar-refractivity contribution in [3.63, 3.8) is 0 Å². The minimum absolute atomic E-state index is 0.201. The van der Waals surface area contributed by atoms with Gasteiger partial charge in [0.2, 0.25) is 10.0 Å². The minimum Gasteiger partial charge on any atom is -0.398 e. The lowest BCUT2D eigenvalue weighted by atomic mass is 10.1. The Morgan fingerprint density at radius 1 is 1.17 bits per heavy atom. The van der Waals surface area contributed by atoms with Gasteiger partial charge in [0.25, 0.3) is 0 Å². The molecule has 100 valence electrons. The summed E-state index contributed by atoms with van der Waals surface area (Å²) in [5.41, 5.74) is 8.08. The number of aryl methyl sites for hydroxylation is 2. The first-order chi connectivity index (χ1) is 8.43. The Bertz CT molecular complexity index is 549. The van der Waals surface area contributed by atoms with Crippen LogP contribution in [0.2, 0.25) is 0 Å². The third-order valence-corrected chi connectivity index (χ3v) is 5.17. The van der Waals surface area contributed by atoms with Gasteiger partial charge in [-0.25, -0.2) is 8.42 Å². The van der Waals surface area contributed by atoms with Crippen LogP contribution in [0, 0.1) is 13.8 Å². The Balaban J connectivity index is 2.43. The van der Waals surface area contributed by atoms with E-state index in [0.29, 0.717) is 32.0 Å². The highest BCUT2D eigenvalue weighted by molar-refractivity contribution is 7.89. The highest BCUT2D eigenvalue weighted by Crippen LogP contribution is 2.26. The number of anilines is 1. The first-order valence-corrected chi connectivity index (χ1v) is 7.31. The summed E-state index contributed by atoms with van der Waals surface area (Å²) >= 11 is 0. The van der Waals surface area contributed by atoms with Crippen molar-refractivity contribution < 1.29 is 13.2 Å². The molecular formula is C12H18N2O3S. The molecule has 1 aliphatic rings. The largest absolute Gasteiger partial charge is 0.398 e. The van der Waals surface area contributed by atoms with Crippen molar-refractivity contribution in [2.24, 2.45) is 0 Å². The van der Waals surface area contributed by atoms with Crippen molar-refractivity contribution in [1.29, 1.82) is 0 Å². The van der Waals surface area contributed by atoms with Crippen molar-refractivity contribution in [2.75, 3.05) is 32.0 Å². The minimum atomic E-state index is -3.50. The molecule has 1 aromatic carbocycles. The van der Waals surface area contributed by atoms with Crippen LogP contribution in [0.25, 0.3) is 0 Å². The van der Waals surface area contributed by atoms with Crippen LogP contribution in [0.15, 0.2) is 17.0 Å². The fraction of sp³-hybridized carbons (Fsp3) is 0.500. The van der Waals surface area contributed by atoms with Crippen molar-refractivity contribution in [2.45, 2.75) is 18.7 Å². The second-order valence-electron chi connectivity index (χ2n) is 4.49. The molecule has 1 heterocycles. The summed E-state index contributed by atoms with van der Waals surface area (Å²) in [5.74, 6) is 0. The van der Waals surface area contributed by atoms with Crippen LogP contribution < -0.4 is 5.73 Å². The van der Waals surface area contributed by atoms with E-state index in [9.17, 15) is 8.42 Å². The molecule has 0 amide bonds. The third-order valence-electron chi connectivity index (χ3n) is 3.21. The van der Waals surface area contributed by atoms with E-state index in [0.717, 1.165) is 11.1 Å². The van der Waals surface area contributed by atoms with Gasteiger partial charge in [0.1, 0.15) is 4.90 Å². The molecule has 0 bridgehead atoms. The summed E-state index contributed by atoms with van der Waals surface area (Å²) < 4.78 is 31.5. The quantitative estimate of drug-likeness (QED) is 0.811. The molecule has 1 saturated heterocycles. The maximum atomic E-state index is 12.5. The van der Waals surface area contributed by atoms with Crippen molar-refractivity contribution >= 4 is 15.7 Å². The molecule has 1 fully saturated rings. The summed E-state index contributed by atoms with van der Waals surface area (Å²) in [6.45, 7) is 5.43. The van der Waals surface area contributed by atoms with Crippen LogP contribution in [0.4, 0.5) is 5.69 Å². The fourth-order valence-corrected chi connectivity index (χ4v) is 3.55. The molecule has 0 saturated carbocycles. The van der Waals surface area contributed by atoms with Crippen LogP contribution in [0.5, 0.6) is 0 Å². The number of ether oxygens (including phenoxy) is 1. The lowest BCUT2D eigenvalue weighted by molar-refractivity contribution is 0.0730. The highest BCUT2D eigenvalue weighted by Gasteiger charge is 2.28. The third kappa shape index (κ3) is 2.36. The van der Waals surface area contributed by atoms with Gasteiger partial charge < -0.3 is 10.5 Å². The Morgan fingerprint density at radius 3 is 2.33 bits per heavy atom. The lowest BCUT2D eigenvalue weighted by Gasteiger charge is -2.26. The van der Waals surface area contributed by atoms with Crippen molar-refractivity contribution in [3.8, 4) is 0 Å². The number of nitrogens with zero attached hydrogens (tertiary/aromatic N) is 1. The Kier molecular flexibility index (Phi) is 3.61. The summed E-state index contributed by atoms with van der Waals surface area (Å²) in [5, 5.41) is 0. The van der Waals surface area contributed by atoms with Gasteiger partial charge in [-0.2, -0.15) is 4.31 Å². The molecule has 0 atom stereocenters. The van der Waals surface area contributed by atoms with Gasteiger partial charge in [-0.3, -0.25) is 0 Å². The van der Waals surface area contributed by atoms with Gasteiger partial charge in [-0.1, -0.05) is 0 Å². The van der Waals surface area contributed by atoms with E-state index in [2.05, 4.69) is 0 Å². The van der Waals surface area contributed by atoms with E-state index in [1.165, 1.54) is 4.31 Å². The molecule has 5 nitrogen and oxygen atoms in total. The molecule has 0 radical (unpaired) electrons. The van der Waals surface area contributed by atoms with Crippen LogP contribution in [-0.4, -0.2) is 39.0 Å². The first-order valence-electron chi connectivity index (χ1n) is 5.87. The highest BCUT2D eigenvalue weighted by atomic mass is 32.2. The number of rotatable bonds is 2. The predicted molar refractivity (Wildman–Crippen MR) is 69.9 cm³/mol. The number of nitrogen functional groups attached to an aromatic ring is 1. The maximum absolute atomic E-state index is 12.5. The number of benzene rings is 1. The molecule has 1 aromatic rings. The van der Waals surface area contributed by atoms with Crippen LogP contribution in [0.3, 0.4) is 0 Å². The first kappa shape index (κ1) is 13.3. The second-order valence-corrected chi connectivity index (χ2v) is 6.40. The zero-order valence-electron chi connectivity index (χ0n) is 10.6. The van der Waals surface area contributed by atoms with Gasteiger partial charge >= 0.3 is 0 Å². The van der Waals surface area contributed by atoms with Gasteiger partial charge in [0.15, 0.2) is 0 Å². The van der Waals surface area contributed by atoms with E-state index < -0.39 is 10.0 Å². The van der Waals surface area contributed by atoms with Gasteiger partial charge in [-0.15, -0.1) is 0 Å². The molecule has 2 rings (SSSR count). The molecule has 0 spiro atoms. The molecule has 0 aromatic heterocycles.